The van der Waals surface area contributed by atoms with E-state index in [9.17, 15) is 18.0 Å². The van der Waals surface area contributed by atoms with Gasteiger partial charge in [0.15, 0.2) is 11.4 Å². The Bertz CT molecular complexity index is 770. The van der Waals surface area contributed by atoms with Crippen LogP contribution in [0.3, 0.4) is 0 Å². The summed E-state index contributed by atoms with van der Waals surface area (Å²) in [5, 5.41) is 7.18. The molecule has 0 bridgehead atoms. The van der Waals surface area contributed by atoms with E-state index < -0.39 is 28.5 Å². The van der Waals surface area contributed by atoms with Crippen molar-refractivity contribution in [3.05, 3.63) is 32.8 Å². The second-order valence-electron chi connectivity index (χ2n) is 5.07. The molecule has 0 fully saturated rings. The minimum atomic E-state index is -4.70. The van der Waals surface area contributed by atoms with Crippen molar-refractivity contribution in [1.29, 1.82) is 0 Å². The van der Waals surface area contributed by atoms with Crippen molar-refractivity contribution in [3.8, 4) is 0 Å². The molecule has 0 aliphatic carbocycles. The third kappa shape index (κ3) is 3.59. The first-order chi connectivity index (χ1) is 11.1. The Morgan fingerprint density at radius 1 is 1.42 bits per heavy atom. The highest BCUT2D eigenvalue weighted by molar-refractivity contribution is 9.10. The summed E-state index contributed by atoms with van der Waals surface area (Å²) in [5.41, 5.74) is -1.02. The van der Waals surface area contributed by atoms with Crippen molar-refractivity contribution in [2.45, 2.75) is 26.2 Å². The molecule has 0 saturated carbocycles. The number of aryl methyl sites for hydroxylation is 2. The number of carbonyl (C=O) groups is 1. The molecule has 0 aliphatic heterocycles. The van der Waals surface area contributed by atoms with Crippen LogP contribution in [0.2, 0.25) is 5.02 Å². The van der Waals surface area contributed by atoms with Crippen LogP contribution >= 0.6 is 27.5 Å². The van der Waals surface area contributed by atoms with Gasteiger partial charge in [-0.1, -0.05) is 11.6 Å². The van der Waals surface area contributed by atoms with E-state index >= 15 is 0 Å². The van der Waals surface area contributed by atoms with E-state index in [1.807, 2.05) is 6.92 Å². The van der Waals surface area contributed by atoms with Gasteiger partial charge in [0.25, 0.3) is 5.91 Å². The first-order valence-corrected chi connectivity index (χ1v) is 8.00. The number of alkyl halides is 3. The Morgan fingerprint density at radius 2 is 2.04 bits per heavy atom. The van der Waals surface area contributed by atoms with Crippen LogP contribution in [0.1, 0.15) is 28.8 Å². The largest absolute Gasteiger partial charge is 0.434 e. The minimum absolute atomic E-state index is 0.0979. The van der Waals surface area contributed by atoms with Gasteiger partial charge in [-0.05, 0) is 22.9 Å². The van der Waals surface area contributed by atoms with Gasteiger partial charge in [0.1, 0.15) is 5.02 Å². The predicted octanol–water partition coefficient (Wildman–Crippen LogP) is 3.34. The molecule has 0 unspecified atom stereocenters. The van der Waals surface area contributed by atoms with Crippen LogP contribution in [0, 0.1) is 0 Å². The standard InChI is InChI=1S/C13H14BrClF3N5O/c1-4-23-5-7(14)8(19-23)6-21(2)12(24)10-9(15)11(13(16,17)18)22(3)20-10/h5H,4,6H2,1-3H3. The summed E-state index contributed by atoms with van der Waals surface area (Å²) < 4.78 is 41.8. The van der Waals surface area contributed by atoms with E-state index in [1.54, 1.807) is 10.9 Å². The fraction of sp³-hybridized carbons (Fsp3) is 0.462. The molecule has 2 heterocycles. The first-order valence-electron chi connectivity index (χ1n) is 6.83. The van der Waals surface area contributed by atoms with Gasteiger partial charge in [-0.15, -0.1) is 0 Å². The lowest BCUT2D eigenvalue weighted by Gasteiger charge is -2.15. The maximum absolute atomic E-state index is 12.9. The molecule has 1 amide bonds. The van der Waals surface area contributed by atoms with E-state index in [4.69, 9.17) is 11.6 Å². The van der Waals surface area contributed by atoms with Crippen molar-refractivity contribution in [1.82, 2.24) is 24.5 Å². The summed E-state index contributed by atoms with van der Waals surface area (Å²) in [6.45, 7) is 2.66. The molecular formula is C13H14BrClF3N5O. The highest BCUT2D eigenvalue weighted by atomic mass is 79.9. The van der Waals surface area contributed by atoms with Gasteiger partial charge in [0.2, 0.25) is 0 Å². The van der Waals surface area contributed by atoms with Crippen LogP contribution in [0.4, 0.5) is 13.2 Å². The molecule has 0 aromatic carbocycles. The maximum Gasteiger partial charge on any atom is 0.434 e. The van der Waals surface area contributed by atoms with Crippen LogP contribution in [0.25, 0.3) is 0 Å². The average molecular weight is 429 g/mol. The number of aromatic nitrogens is 4. The molecular weight excluding hydrogens is 415 g/mol. The number of halogens is 5. The molecule has 0 N–H and O–H groups in total. The number of rotatable bonds is 4. The number of hydrogen-bond acceptors (Lipinski definition) is 3. The normalized spacial score (nSPS) is 11.8. The molecule has 132 valence electrons. The average Bonchev–Trinajstić information content (AvgIpc) is 2.97. The molecule has 0 saturated heterocycles. The lowest BCUT2D eigenvalue weighted by atomic mass is 10.3. The summed E-state index contributed by atoms with van der Waals surface area (Å²) in [5.74, 6) is -0.718. The number of nitrogens with zero attached hydrogens (tertiary/aromatic N) is 5. The van der Waals surface area contributed by atoms with Crippen molar-refractivity contribution < 1.29 is 18.0 Å². The third-order valence-corrected chi connectivity index (χ3v) is 4.33. The Kier molecular flexibility index (Phi) is 5.28. The summed E-state index contributed by atoms with van der Waals surface area (Å²) in [7, 11) is 2.53. The third-order valence-electron chi connectivity index (χ3n) is 3.31. The smallest absolute Gasteiger partial charge is 0.334 e. The topological polar surface area (TPSA) is 56.0 Å². The second-order valence-corrected chi connectivity index (χ2v) is 6.31. The van der Waals surface area contributed by atoms with E-state index in [-0.39, 0.29) is 6.54 Å². The Labute approximate surface area is 149 Å². The van der Waals surface area contributed by atoms with Gasteiger partial charge in [0.05, 0.1) is 16.7 Å². The van der Waals surface area contributed by atoms with E-state index in [1.165, 1.54) is 11.9 Å². The lowest BCUT2D eigenvalue weighted by molar-refractivity contribution is -0.143. The molecule has 0 aliphatic rings. The first kappa shape index (κ1) is 18.8. The van der Waals surface area contributed by atoms with Gasteiger partial charge in [-0.3, -0.25) is 14.2 Å². The van der Waals surface area contributed by atoms with Crippen LogP contribution < -0.4 is 0 Å². The molecule has 0 radical (unpaired) electrons. The molecule has 6 nitrogen and oxygen atoms in total. The zero-order valence-corrected chi connectivity index (χ0v) is 15.4. The van der Waals surface area contributed by atoms with Gasteiger partial charge in [-0.2, -0.15) is 23.4 Å². The summed E-state index contributed by atoms with van der Waals surface area (Å²) in [6, 6.07) is 0. The molecule has 0 atom stereocenters. The number of hydrogen-bond donors (Lipinski definition) is 0. The summed E-state index contributed by atoms with van der Waals surface area (Å²) in [4.78, 5) is 13.6. The monoisotopic (exact) mass is 427 g/mol. The minimum Gasteiger partial charge on any atom is -0.334 e. The van der Waals surface area contributed by atoms with E-state index in [0.29, 0.717) is 21.4 Å². The highest BCUT2D eigenvalue weighted by Gasteiger charge is 2.40. The van der Waals surface area contributed by atoms with E-state index in [2.05, 4.69) is 26.1 Å². The summed E-state index contributed by atoms with van der Waals surface area (Å²) in [6.07, 6.45) is -2.94. The summed E-state index contributed by atoms with van der Waals surface area (Å²) >= 11 is 9.07. The van der Waals surface area contributed by atoms with Gasteiger partial charge in [0, 0.05) is 26.8 Å². The van der Waals surface area contributed by atoms with Crippen LogP contribution in [0.5, 0.6) is 0 Å². The molecule has 2 aromatic rings. The van der Waals surface area contributed by atoms with Crippen LogP contribution in [0.15, 0.2) is 10.7 Å². The SMILES string of the molecule is CCn1cc(Br)c(CN(C)C(=O)c2nn(C)c(C(F)(F)F)c2Cl)n1. The van der Waals surface area contributed by atoms with Crippen molar-refractivity contribution in [3.63, 3.8) is 0 Å². The van der Waals surface area contributed by atoms with Gasteiger partial charge < -0.3 is 4.90 Å². The van der Waals surface area contributed by atoms with Crippen molar-refractivity contribution in [2.75, 3.05) is 7.05 Å². The molecule has 2 aromatic heterocycles. The zero-order valence-electron chi connectivity index (χ0n) is 13.0. The fourth-order valence-corrected chi connectivity index (χ4v) is 2.92. The van der Waals surface area contributed by atoms with Gasteiger partial charge >= 0.3 is 6.18 Å². The van der Waals surface area contributed by atoms with Crippen LogP contribution in [-0.4, -0.2) is 37.4 Å². The molecule has 11 heteroatoms. The van der Waals surface area contributed by atoms with Crippen molar-refractivity contribution in [2.24, 2.45) is 7.05 Å². The molecule has 2 rings (SSSR count). The zero-order chi connectivity index (χ0) is 18.2. The maximum atomic E-state index is 12.9. The predicted molar refractivity (Wildman–Crippen MR) is 84.6 cm³/mol. The van der Waals surface area contributed by atoms with Crippen LogP contribution in [-0.2, 0) is 26.3 Å². The quantitative estimate of drug-likeness (QED) is 0.750. The number of amides is 1. The Hall–Kier alpha value is -1.55. The highest BCUT2D eigenvalue weighted by Crippen LogP contribution is 2.36. The fourth-order valence-electron chi connectivity index (χ4n) is 2.13. The molecule has 24 heavy (non-hydrogen) atoms. The van der Waals surface area contributed by atoms with Gasteiger partial charge in [-0.25, -0.2) is 0 Å². The number of carbonyl (C=O) groups excluding carboxylic acids is 1. The second kappa shape index (κ2) is 6.75. The Morgan fingerprint density at radius 3 is 2.50 bits per heavy atom. The Balaban J connectivity index is 2.27. The van der Waals surface area contributed by atoms with E-state index in [0.717, 1.165) is 7.05 Å². The van der Waals surface area contributed by atoms with Crippen molar-refractivity contribution >= 4 is 33.4 Å². The molecule has 0 spiro atoms. The lowest BCUT2D eigenvalue weighted by Crippen LogP contribution is -2.27.